The monoisotopic (exact) mass is 383 g/mol. The van der Waals surface area contributed by atoms with Crippen molar-refractivity contribution in [2.75, 3.05) is 25.0 Å². The van der Waals surface area contributed by atoms with E-state index in [1.54, 1.807) is 0 Å². The second-order valence-corrected chi connectivity index (χ2v) is 7.25. The molecule has 1 aliphatic rings. The van der Waals surface area contributed by atoms with E-state index in [-0.39, 0.29) is 36.1 Å². The van der Waals surface area contributed by atoms with E-state index in [4.69, 9.17) is 0 Å². The second kappa shape index (κ2) is 9.46. The van der Waals surface area contributed by atoms with E-state index in [1.165, 1.54) is 24.3 Å². The topological polar surface area (TPSA) is 61.4 Å². The van der Waals surface area contributed by atoms with Gasteiger partial charge >= 0.3 is 0 Å². The Bertz CT molecular complexity index is 787. The average molecular weight is 383 g/mol. The van der Waals surface area contributed by atoms with Crippen molar-refractivity contribution in [3.8, 4) is 0 Å². The molecule has 0 saturated carbocycles. The first kappa shape index (κ1) is 20.0. The van der Waals surface area contributed by atoms with Gasteiger partial charge in [-0.2, -0.15) is 0 Å². The molecule has 2 aromatic rings. The molecule has 28 heavy (non-hydrogen) atoms. The zero-order valence-electron chi connectivity index (χ0n) is 16.0. The molecule has 1 fully saturated rings. The van der Waals surface area contributed by atoms with Crippen molar-refractivity contribution in [1.82, 2.24) is 10.2 Å². The van der Waals surface area contributed by atoms with Gasteiger partial charge in [-0.25, -0.2) is 4.39 Å². The van der Waals surface area contributed by atoms with Gasteiger partial charge in [-0.15, -0.1) is 0 Å². The molecule has 2 amide bonds. The lowest BCUT2D eigenvalue weighted by molar-refractivity contribution is -0.127. The van der Waals surface area contributed by atoms with E-state index in [9.17, 15) is 14.0 Å². The summed E-state index contributed by atoms with van der Waals surface area (Å²) in [5.41, 5.74) is 1.67. The summed E-state index contributed by atoms with van der Waals surface area (Å²) in [6.07, 6.45) is 1.47. The molecule has 148 valence electrons. The number of piperidine rings is 1. The Balaban J connectivity index is 1.41. The van der Waals surface area contributed by atoms with Crippen LogP contribution in [0.5, 0.6) is 0 Å². The van der Waals surface area contributed by atoms with Crippen LogP contribution in [0, 0.1) is 11.7 Å². The molecule has 0 spiro atoms. The number of rotatable bonds is 6. The zero-order valence-corrected chi connectivity index (χ0v) is 16.0. The van der Waals surface area contributed by atoms with Crippen molar-refractivity contribution in [2.45, 2.75) is 25.8 Å². The molecule has 0 aromatic heterocycles. The fourth-order valence-electron chi connectivity index (χ4n) is 3.45. The van der Waals surface area contributed by atoms with Gasteiger partial charge in [-0.1, -0.05) is 30.3 Å². The predicted octanol–water partition coefficient (Wildman–Crippen LogP) is 3.35. The fourth-order valence-corrected chi connectivity index (χ4v) is 3.45. The predicted molar refractivity (Wildman–Crippen MR) is 107 cm³/mol. The smallest absolute Gasteiger partial charge is 0.238 e. The summed E-state index contributed by atoms with van der Waals surface area (Å²) in [5.74, 6) is -0.415. The van der Waals surface area contributed by atoms with Gasteiger partial charge in [0.1, 0.15) is 5.82 Å². The largest absolute Gasteiger partial charge is 0.349 e. The van der Waals surface area contributed by atoms with Crippen LogP contribution in [0.4, 0.5) is 10.1 Å². The van der Waals surface area contributed by atoms with E-state index in [0.29, 0.717) is 18.8 Å². The van der Waals surface area contributed by atoms with Crippen molar-refractivity contribution >= 4 is 17.5 Å². The van der Waals surface area contributed by atoms with E-state index in [0.717, 1.165) is 18.4 Å². The van der Waals surface area contributed by atoms with Crippen molar-refractivity contribution in [3.05, 3.63) is 66.0 Å². The maximum absolute atomic E-state index is 12.9. The third-order valence-electron chi connectivity index (χ3n) is 5.11. The van der Waals surface area contributed by atoms with Crippen molar-refractivity contribution in [3.63, 3.8) is 0 Å². The summed E-state index contributed by atoms with van der Waals surface area (Å²) in [7, 11) is 0. The molecule has 1 aliphatic heterocycles. The zero-order chi connectivity index (χ0) is 19.9. The Morgan fingerprint density at radius 3 is 2.36 bits per heavy atom. The standard InChI is InChI=1S/C22H26FN3O2/c1-16(17-5-3-2-4-6-17)24-22(28)18-11-13-26(14-12-18)15-21(27)25-20-9-7-19(23)8-10-20/h2-10,16,18H,11-15H2,1H3,(H,24,28)(H,25,27). The van der Waals surface area contributed by atoms with Crippen LogP contribution < -0.4 is 10.6 Å². The number of nitrogens with one attached hydrogen (secondary N) is 2. The van der Waals surface area contributed by atoms with Crippen LogP contribution in [-0.4, -0.2) is 36.3 Å². The fraction of sp³-hybridized carbons (Fsp3) is 0.364. The Morgan fingerprint density at radius 2 is 1.71 bits per heavy atom. The van der Waals surface area contributed by atoms with Crippen LogP contribution in [0.15, 0.2) is 54.6 Å². The first-order chi connectivity index (χ1) is 13.5. The molecule has 1 atom stereocenters. The van der Waals surface area contributed by atoms with E-state index < -0.39 is 0 Å². The van der Waals surface area contributed by atoms with Gasteiger partial charge in [-0.3, -0.25) is 14.5 Å². The van der Waals surface area contributed by atoms with E-state index in [1.807, 2.05) is 42.2 Å². The number of hydrogen-bond donors (Lipinski definition) is 2. The Kier molecular flexibility index (Phi) is 6.76. The van der Waals surface area contributed by atoms with Gasteiger partial charge in [0.15, 0.2) is 0 Å². The quantitative estimate of drug-likeness (QED) is 0.804. The minimum absolute atomic E-state index is 0.0202. The minimum Gasteiger partial charge on any atom is -0.349 e. The van der Waals surface area contributed by atoms with Crippen LogP contribution in [0.3, 0.4) is 0 Å². The van der Waals surface area contributed by atoms with Crippen LogP contribution in [0.2, 0.25) is 0 Å². The number of nitrogens with zero attached hydrogens (tertiary/aromatic N) is 1. The first-order valence-electron chi connectivity index (χ1n) is 9.64. The van der Waals surface area contributed by atoms with Crippen LogP contribution in [0.25, 0.3) is 0 Å². The molecule has 0 bridgehead atoms. The third kappa shape index (κ3) is 5.63. The van der Waals surface area contributed by atoms with Gasteiger partial charge in [0.25, 0.3) is 0 Å². The number of hydrogen-bond acceptors (Lipinski definition) is 3. The highest BCUT2D eigenvalue weighted by atomic mass is 19.1. The molecular weight excluding hydrogens is 357 g/mol. The highest BCUT2D eigenvalue weighted by Gasteiger charge is 2.26. The average Bonchev–Trinajstić information content (AvgIpc) is 2.71. The number of benzene rings is 2. The molecule has 5 nitrogen and oxygen atoms in total. The molecule has 2 N–H and O–H groups in total. The Labute approximate surface area is 164 Å². The maximum Gasteiger partial charge on any atom is 0.238 e. The Morgan fingerprint density at radius 1 is 1.07 bits per heavy atom. The number of likely N-dealkylation sites (tertiary alicyclic amines) is 1. The number of carbonyl (C=O) groups is 2. The molecule has 0 aliphatic carbocycles. The summed E-state index contributed by atoms with van der Waals surface area (Å²) in [6.45, 7) is 3.66. The summed E-state index contributed by atoms with van der Waals surface area (Å²) >= 11 is 0. The molecule has 2 aromatic carbocycles. The molecule has 6 heteroatoms. The minimum atomic E-state index is -0.333. The van der Waals surface area contributed by atoms with Crippen molar-refractivity contribution in [1.29, 1.82) is 0 Å². The summed E-state index contributed by atoms with van der Waals surface area (Å²) in [4.78, 5) is 26.7. The first-order valence-corrected chi connectivity index (χ1v) is 9.64. The number of anilines is 1. The molecule has 1 heterocycles. The molecule has 1 unspecified atom stereocenters. The number of amides is 2. The third-order valence-corrected chi connectivity index (χ3v) is 5.11. The summed E-state index contributed by atoms with van der Waals surface area (Å²) in [6, 6.07) is 15.6. The lowest BCUT2D eigenvalue weighted by Crippen LogP contribution is -2.43. The van der Waals surface area contributed by atoms with Crippen molar-refractivity contribution in [2.24, 2.45) is 5.92 Å². The normalized spacial score (nSPS) is 16.4. The van der Waals surface area contributed by atoms with Gasteiger partial charge < -0.3 is 10.6 Å². The SMILES string of the molecule is CC(NC(=O)C1CCN(CC(=O)Nc2ccc(F)cc2)CC1)c1ccccc1. The molecule has 3 rings (SSSR count). The highest BCUT2D eigenvalue weighted by Crippen LogP contribution is 2.20. The van der Waals surface area contributed by atoms with Gasteiger partial charge in [0, 0.05) is 11.6 Å². The second-order valence-electron chi connectivity index (χ2n) is 7.25. The van der Waals surface area contributed by atoms with Gasteiger partial charge in [0.2, 0.25) is 11.8 Å². The summed E-state index contributed by atoms with van der Waals surface area (Å²) in [5, 5.41) is 5.86. The number of halogens is 1. The van der Waals surface area contributed by atoms with Crippen LogP contribution in [0.1, 0.15) is 31.4 Å². The molecule has 0 radical (unpaired) electrons. The van der Waals surface area contributed by atoms with E-state index in [2.05, 4.69) is 10.6 Å². The van der Waals surface area contributed by atoms with Crippen LogP contribution >= 0.6 is 0 Å². The van der Waals surface area contributed by atoms with Crippen LogP contribution in [-0.2, 0) is 9.59 Å². The lowest BCUT2D eigenvalue weighted by atomic mass is 9.95. The van der Waals surface area contributed by atoms with Crippen molar-refractivity contribution < 1.29 is 14.0 Å². The lowest BCUT2D eigenvalue weighted by Gasteiger charge is -2.31. The number of carbonyl (C=O) groups excluding carboxylic acids is 2. The highest BCUT2D eigenvalue weighted by molar-refractivity contribution is 5.92. The van der Waals surface area contributed by atoms with Gasteiger partial charge in [0.05, 0.1) is 12.6 Å². The van der Waals surface area contributed by atoms with Gasteiger partial charge in [-0.05, 0) is 62.7 Å². The summed E-state index contributed by atoms with van der Waals surface area (Å²) < 4.78 is 12.9. The molecular formula is C22H26FN3O2. The molecule has 1 saturated heterocycles. The Hall–Kier alpha value is -2.73. The van der Waals surface area contributed by atoms with E-state index >= 15 is 0 Å². The maximum atomic E-state index is 12.9.